The first-order chi connectivity index (χ1) is 13.3. The second-order valence-electron chi connectivity index (χ2n) is 5.73. The van der Waals surface area contributed by atoms with Crippen LogP contribution in [0.4, 0.5) is 16.0 Å². The summed E-state index contributed by atoms with van der Waals surface area (Å²) < 4.78 is 16.7. The van der Waals surface area contributed by atoms with E-state index in [-0.39, 0.29) is 46.5 Å². The standard InChI is InChI=1S/C16H13BrClFN6O3/c17-11-8-23(22-16(11)25(27)28)6-5-14(26)20-15-12(18)9-24(21-15)7-10-3-1-2-4-13(10)19/h1-4,8-9H,5-7H2,(H,20,21,26). The number of halogens is 3. The van der Waals surface area contributed by atoms with Crippen molar-refractivity contribution >= 4 is 45.1 Å². The van der Waals surface area contributed by atoms with E-state index in [2.05, 4.69) is 31.4 Å². The largest absolute Gasteiger partial charge is 0.404 e. The minimum Gasteiger partial charge on any atom is -0.358 e. The highest BCUT2D eigenvalue weighted by atomic mass is 79.9. The van der Waals surface area contributed by atoms with Gasteiger partial charge in [-0.15, -0.1) is 0 Å². The number of hydrogen-bond acceptors (Lipinski definition) is 5. The number of aromatic nitrogens is 4. The third-order valence-corrected chi connectivity index (χ3v) is 4.54. The second-order valence-corrected chi connectivity index (χ2v) is 7.00. The third-order valence-electron chi connectivity index (χ3n) is 3.71. The average molecular weight is 472 g/mol. The van der Waals surface area contributed by atoms with Crippen molar-refractivity contribution in [3.63, 3.8) is 0 Å². The number of carbonyl (C=O) groups excluding carboxylic acids is 1. The van der Waals surface area contributed by atoms with E-state index in [0.29, 0.717) is 5.56 Å². The van der Waals surface area contributed by atoms with Gasteiger partial charge in [0.05, 0.1) is 24.4 Å². The quantitative estimate of drug-likeness (QED) is 0.418. The van der Waals surface area contributed by atoms with Crippen LogP contribution in [0.5, 0.6) is 0 Å². The van der Waals surface area contributed by atoms with Crippen LogP contribution in [0.15, 0.2) is 41.1 Å². The van der Waals surface area contributed by atoms with E-state index in [9.17, 15) is 19.3 Å². The predicted octanol–water partition coefficient (Wildman–Crippen LogP) is 3.62. The third kappa shape index (κ3) is 4.73. The summed E-state index contributed by atoms with van der Waals surface area (Å²) in [7, 11) is 0. The molecule has 0 aliphatic rings. The fourth-order valence-electron chi connectivity index (χ4n) is 2.40. The number of hydrogen-bond donors (Lipinski definition) is 1. The van der Waals surface area contributed by atoms with Crippen LogP contribution >= 0.6 is 27.5 Å². The van der Waals surface area contributed by atoms with Crippen molar-refractivity contribution in [3.8, 4) is 0 Å². The molecule has 0 aliphatic carbocycles. The van der Waals surface area contributed by atoms with Gasteiger partial charge in [-0.1, -0.05) is 29.8 Å². The van der Waals surface area contributed by atoms with Crippen molar-refractivity contribution in [2.45, 2.75) is 19.5 Å². The zero-order valence-corrected chi connectivity index (χ0v) is 16.5. The van der Waals surface area contributed by atoms with Crippen molar-refractivity contribution in [3.05, 3.63) is 67.6 Å². The number of benzene rings is 1. The van der Waals surface area contributed by atoms with E-state index in [1.165, 1.54) is 27.8 Å². The zero-order valence-electron chi connectivity index (χ0n) is 14.2. The Morgan fingerprint density at radius 1 is 1.29 bits per heavy atom. The van der Waals surface area contributed by atoms with Gasteiger partial charge in [0.15, 0.2) is 5.82 Å². The molecule has 1 amide bonds. The molecule has 146 valence electrons. The summed E-state index contributed by atoms with van der Waals surface area (Å²) in [5.74, 6) is -0.933. The summed E-state index contributed by atoms with van der Waals surface area (Å²) in [5.41, 5.74) is 0.436. The second kappa shape index (κ2) is 8.48. The summed E-state index contributed by atoms with van der Waals surface area (Å²) in [4.78, 5) is 22.3. The van der Waals surface area contributed by atoms with Gasteiger partial charge in [0.25, 0.3) is 0 Å². The Labute approximate surface area is 171 Å². The summed E-state index contributed by atoms with van der Waals surface area (Å²) in [5, 5.41) is 21.5. The topological polar surface area (TPSA) is 108 Å². The van der Waals surface area contributed by atoms with Crippen molar-refractivity contribution in [2.75, 3.05) is 5.32 Å². The molecule has 3 rings (SSSR count). The van der Waals surface area contributed by atoms with E-state index in [0.717, 1.165) is 0 Å². The maximum Gasteiger partial charge on any atom is 0.404 e. The smallest absolute Gasteiger partial charge is 0.358 e. The number of nitrogens with one attached hydrogen (secondary N) is 1. The summed E-state index contributed by atoms with van der Waals surface area (Å²) in [6.45, 7) is 0.291. The number of aryl methyl sites for hydroxylation is 1. The van der Waals surface area contributed by atoms with Gasteiger partial charge in [-0.25, -0.2) is 4.39 Å². The van der Waals surface area contributed by atoms with Crippen LogP contribution in [0.2, 0.25) is 5.02 Å². The molecule has 0 aliphatic heterocycles. The lowest BCUT2D eigenvalue weighted by molar-refractivity contribution is -0.390. The van der Waals surface area contributed by atoms with Crippen LogP contribution in [0.1, 0.15) is 12.0 Å². The predicted molar refractivity (Wildman–Crippen MR) is 103 cm³/mol. The molecular weight excluding hydrogens is 459 g/mol. The van der Waals surface area contributed by atoms with E-state index in [1.54, 1.807) is 18.2 Å². The first kappa shape index (κ1) is 20.0. The summed E-state index contributed by atoms with van der Waals surface area (Å²) in [6.07, 6.45) is 2.90. The van der Waals surface area contributed by atoms with E-state index in [1.807, 2.05) is 0 Å². The molecule has 0 spiro atoms. The molecule has 0 radical (unpaired) electrons. The lowest BCUT2D eigenvalue weighted by Gasteiger charge is -2.03. The molecule has 0 bridgehead atoms. The Morgan fingerprint density at radius 3 is 2.71 bits per heavy atom. The van der Waals surface area contributed by atoms with Gasteiger partial charge < -0.3 is 15.4 Å². The normalized spacial score (nSPS) is 10.8. The van der Waals surface area contributed by atoms with Crippen LogP contribution in [-0.2, 0) is 17.9 Å². The summed E-state index contributed by atoms with van der Waals surface area (Å²) >= 11 is 9.12. The van der Waals surface area contributed by atoms with E-state index in [4.69, 9.17) is 11.6 Å². The highest BCUT2D eigenvalue weighted by molar-refractivity contribution is 9.10. The number of anilines is 1. The molecule has 2 aromatic heterocycles. The fourth-order valence-corrected chi connectivity index (χ4v) is 3.06. The summed E-state index contributed by atoms with van der Waals surface area (Å²) in [6, 6.07) is 6.28. The SMILES string of the molecule is O=C(CCn1cc(Br)c([N+](=O)[O-])n1)Nc1nn(Cc2ccccc2F)cc1Cl. The van der Waals surface area contributed by atoms with Crippen LogP contribution in [0, 0.1) is 15.9 Å². The monoisotopic (exact) mass is 470 g/mol. The van der Waals surface area contributed by atoms with Crippen molar-refractivity contribution < 1.29 is 14.1 Å². The van der Waals surface area contributed by atoms with Crippen LogP contribution in [0.3, 0.4) is 0 Å². The Kier molecular flexibility index (Phi) is 6.05. The lowest BCUT2D eigenvalue weighted by Crippen LogP contribution is -2.15. The van der Waals surface area contributed by atoms with Crippen molar-refractivity contribution in [1.29, 1.82) is 0 Å². The molecule has 12 heteroatoms. The molecule has 2 heterocycles. The van der Waals surface area contributed by atoms with Gasteiger partial charge >= 0.3 is 5.82 Å². The Balaban J connectivity index is 1.60. The minimum absolute atomic E-state index is 0.00176. The number of nitro groups is 1. The van der Waals surface area contributed by atoms with Crippen molar-refractivity contribution in [2.24, 2.45) is 0 Å². The number of carbonyl (C=O) groups is 1. The Hall–Kier alpha value is -2.79. The van der Waals surface area contributed by atoms with Crippen molar-refractivity contribution in [1.82, 2.24) is 19.6 Å². The molecule has 0 fully saturated rings. The molecule has 28 heavy (non-hydrogen) atoms. The number of rotatable bonds is 7. The highest BCUT2D eigenvalue weighted by Crippen LogP contribution is 2.23. The zero-order chi connectivity index (χ0) is 20.3. The fraction of sp³-hybridized carbons (Fsp3) is 0.188. The molecule has 1 N–H and O–H groups in total. The number of amides is 1. The average Bonchev–Trinajstić information content (AvgIpc) is 3.18. The maximum absolute atomic E-state index is 13.7. The van der Waals surface area contributed by atoms with Gasteiger partial charge in [0.1, 0.15) is 15.3 Å². The van der Waals surface area contributed by atoms with E-state index >= 15 is 0 Å². The molecule has 9 nitrogen and oxygen atoms in total. The van der Waals surface area contributed by atoms with Gasteiger partial charge in [0, 0.05) is 18.2 Å². The van der Waals surface area contributed by atoms with E-state index < -0.39 is 10.8 Å². The van der Waals surface area contributed by atoms with Crippen LogP contribution in [0.25, 0.3) is 0 Å². The first-order valence-electron chi connectivity index (χ1n) is 7.97. The highest BCUT2D eigenvalue weighted by Gasteiger charge is 2.19. The lowest BCUT2D eigenvalue weighted by atomic mass is 10.2. The molecule has 0 saturated heterocycles. The Bertz CT molecular complexity index is 1040. The molecule has 1 aromatic carbocycles. The molecule has 0 atom stereocenters. The Morgan fingerprint density at radius 2 is 2.04 bits per heavy atom. The molecular formula is C16H13BrClFN6O3. The van der Waals surface area contributed by atoms with Gasteiger partial charge in [-0.3, -0.25) is 9.48 Å². The van der Waals surface area contributed by atoms with Crippen LogP contribution < -0.4 is 5.32 Å². The molecule has 3 aromatic rings. The minimum atomic E-state index is -0.622. The maximum atomic E-state index is 13.7. The van der Waals surface area contributed by atoms with Crippen LogP contribution in [-0.4, -0.2) is 30.4 Å². The molecule has 0 saturated carbocycles. The van der Waals surface area contributed by atoms with Gasteiger partial charge in [-0.2, -0.15) is 9.78 Å². The van der Waals surface area contributed by atoms with Gasteiger partial charge in [0.2, 0.25) is 5.91 Å². The first-order valence-corrected chi connectivity index (χ1v) is 9.14. The molecule has 0 unspecified atom stereocenters. The number of nitrogens with zero attached hydrogens (tertiary/aromatic N) is 5. The van der Waals surface area contributed by atoms with Gasteiger partial charge in [-0.05, 0) is 26.9 Å².